The molecule has 1 amide bonds. The summed E-state index contributed by atoms with van der Waals surface area (Å²) in [7, 11) is 0. The van der Waals surface area contributed by atoms with E-state index in [9.17, 15) is 14.4 Å². The van der Waals surface area contributed by atoms with Gasteiger partial charge in [0.15, 0.2) is 0 Å². The lowest BCUT2D eigenvalue weighted by atomic mass is 10.2. The van der Waals surface area contributed by atoms with Gasteiger partial charge in [0, 0.05) is 11.2 Å². The van der Waals surface area contributed by atoms with Crippen LogP contribution in [0.3, 0.4) is 0 Å². The molecule has 8 nitrogen and oxygen atoms in total. The number of pyridine rings is 1. The van der Waals surface area contributed by atoms with Crippen molar-refractivity contribution in [1.82, 2.24) is 24.6 Å². The van der Waals surface area contributed by atoms with E-state index in [1.807, 2.05) is 13.0 Å². The van der Waals surface area contributed by atoms with Gasteiger partial charge < -0.3 is 5.32 Å². The lowest BCUT2D eigenvalue weighted by Gasteiger charge is -2.13. The highest BCUT2D eigenvalue weighted by Crippen LogP contribution is 2.18. The van der Waals surface area contributed by atoms with Crippen molar-refractivity contribution < 1.29 is 4.79 Å². The zero-order valence-corrected chi connectivity index (χ0v) is 18.5. The highest BCUT2D eigenvalue weighted by Gasteiger charge is 2.21. The average molecular weight is 462 g/mol. The zero-order chi connectivity index (χ0) is 23.4. The predicted octanol–water partition coefficient (Wildman–Crippen LogP) is 2.73. The van der Waals surface area contributed by atoms with Crippen LogP contribution in [-0.4, -0.2) is 25.2 Å². The number of hydrogen-bond acceptors (Lipinski definition) is 5. The molecule has 9 heteroatoms. The standard InChI is InChI=1S/C24H20ClN5O3/c1-16-10-11-19(13-20(16)25)30-24(33)29(15-17-7-3-2-4-8-17)23(32)21(28-30)22(31)27-14-18-9-5-6-12-26-18/h2-13H,14-15H2,1H3,(H,27,31). The molecule has 0 saturated carbocycles. The third-order valence-electron chi connectivity index (χ3n) is 5.01. The van der Waals surface area contributed by atoms with E-state index in [1.54, 1.807) is 66.9 Å². The Morgan fingerprint density at radius 2 is 1.79 bits per heavy atom. The Morgan fingerprint density at radius 3 is 2.48 bits per heavy atom. The van der Waals surface area contributed by atoms with Crippen molar-refractivity contribution >= 4 is 17.5 Å². The van der Waals surface area contributed by atoms with Crippen LogP contribution >= 0.6 is 11.6 Å². The van der Waals surface area contributed by atoms with Gasteiger partial charge in [-0.2, -0.15) is 9.78 Å². The van der Waals surface area contributed by atoms with Gasteiger partial charge in [0.2, 0.25) is 5.69 Å². The van der Waals surface area contributed by atoms with E-state index in [-0.39, 0.29) is 13.1 Å². The lowest BCUT2D eigenvalue weighted by Crippen LogP contribution is -2.46. The minimum Gasteiger partial charge on any atom is -0.345 e. The van der Waals surface area contributed by atoms with Crippen molar-refractivity contribution in [2.24, 2.45) is 0 Å². The van der Waals surface area contributed by atoms with Crippen LogP contribution in [0.25, 0.3) is 5.69 Å². The van der Waals surface area contributed by atoms with Crippen molar-refractivity contribution in [3.63, 3.8) is 0 Å². The minimum absolute atomic E-state index is 0.0128. The summed E-state index contributed by atoms with van der Waals surface area (Å²) >= 11 is 6.24. The number of nitrogens with zero attached hydrogens (tertiary/aromatic N) is 4. The Kier molecular flexibility index (Phi) is 6.46. The number of halogens is 1. The number of hydrogen-bond donors (Lipinski definition) is 1. The third kappa shape index (κ3) is 4.91. The molecule has 0 fully saturated rings. The quantitative estimate of drug-likeness (QED) is 0.476. The van der Waals surface area contributed by atoms with Crippen LogP contribution < -0.4 is 16.6 Å². The van der Waals surface area contributed by atoms with E-state index in [2.05, 4.69) is 15.4 Å². The molecule has 1 N–H and O–H groups in total. The van der Waals surface area contributed by atoms with E-state index in [0.29, 0.717) is 16.4 Å². The Labute approximate surface area is 194 Å². The van der Waals surface area contributed by atoms with Gasteiger partial charge in [-0.05, 0) is 42.3 Å². The van der Waals surface area contributed by atoms with E-state index in [0.717, 1.165) is 20.4 Å². The molecule has 0 aliphatic carbocycles. The molecule has 0 atom stereocenters. The molecule has 0 unspecified atom stereocenters. The first-order valence-corrected chi connectivity index (χ1v) is 10.5. The fraction of sp³-hybridized carbons (Fsp3) is 0.125. The first kappa shape index (κ1) is 22.2. The molecule has 0 aliphatic rings. The molecule has 33 heavy (non-hydrogen) atoms. The fourth-order valence-corrected chi connectivity index (χ4v) is 3.38. The Hall–Kier alpha value is -4.04. The molecule has 2 aromatic heterocycles. The number of nitrogens with one attached hydrogen (secondary N) is 1. The fourth-order valence-electron chi connectivity index (χ4n) is 3.20. The molecule has 2 aromatic carbocycles. The molecular formula is C24H20ClN5O3. The summed E-state index contributed by atoms with van der Waals surface area (Å²) in [5.74, 6) is -0.709. The highest BCUT2D eigenvalue weighted by molar-refractivity contribution is 6.31. The van der Waals surface area contributed by atoms with E-state index < -0.39 is 22.9 Å². The number of rotatable bonds is 6. The van der Waals surface area contributed by atoms with Crippen molar-refractivity contribution in [2.75, 3.05) is 0 Å². The highest BCUT2D eigenvalue weighted by atomic mass is 35.5. The minimum atomic E-state index is -0.781. The normalized spacial score (nSPS) is 10.7. The van der Waals surface area contributed by atoms with Gasteiger partial charge in [0.25, 0.3) is 11.5 Å². The van der Waals surface area contributed by atoms with Gasteiger partial charge in [0.05, 0.1) is 24.5 Å². The van der Waals surface area contributed by atoms with Crippen LogP contribution in [0.4, 0.5) is 0 Å². The van der Waals surface area contributed by atoms with Crippen LogP contribution in [0.5, 0.6) is 0 Å². The number of benzene rings is 2. The van der Waals surface area contributed by atoms with E-state index in [4.69, 9.17) is 11.6 Å². The van der Waals surface area contributed by atoms with Gasteiger partial charge in [-0.15, -0.1) is 0 Å². The third-order valence-corrected chi connectivity index (χ3v) is 5.42. The second kappa shape index (κ2) is 9.62. The Balaban J connectivity index is 1.80. The van der Waals surface area contributed by atoms with Gasteiger partial charge in [0.1, 0.15) is 0 Å². The SMILES string of the molecule is Cc1ccc(-n2nc(C(=O)NCc3ccccn3)c(=O)n(Cc3ccccc3)c2=O)cc1Cl. The molecule has 0 saturated heterocycles. The summed E-state index contributed by atoms with van der Waals surface area (Å²) in [6.45, 7) is 1.92. The molecule has 0 spiro atoms. The van der Waals surface area contributed by atoms with Crippen LogP contribution in [0.2, 0.25) is 5.02 Å². The maximum Gasteiger partial charge on any atom is 0.352 e. The molecule has 2 heterocycles. The number of aryl methyl sites for hydroxylation is 1. The zero-order valence-electron chi connectivity index (χ0n) is 17.7. The monoisotopic (exact) mass is 461 g/mol. The van der Waals surface area contributed by atoms with Gasteiger partial charge in [-0.1, -0.05) is 54.1 Å². The van der Waals surface area contributed by atoms with Gasteiger partial charge in [-0.25, -0.2) is 4.79 Å². The number of carbonyl (C=O) groups excluding carboxylic acids is 1. The van der Waals surface area contributed by atoms with Gasteiger partial charge >= 0.3 is 5.69 Å². The smallest absolute Gasteiger partial charge is 0.345 e. The molecule has 166 valence electrons. The molecular weight excluding hydrogens is 442 g/mol. The summed E-state index contributed by atoms with van der Waals surface area (Å²) < 4.78 is 2.01. The Morgan fingerprint density at radius 1 is 1.03 bits per heavy atom. The maximum atomic E-state index is 13.2. The first-order chi connectivity index (χ1) is 15.9. The lowest BCUT2D eigenvalue weighted by molar-refractivity contribution is 0.0940. The van der Waals surface area contributed by atoms with Crippen molar-refractivity contribution in [3.05, 3.63) is 121 Å². The summed E-state index contributed by atoms with van der Waals surface area (Å²) in [4.78, 5) is 43.4. The van der Waals surface area contributed by atoms with Gasteiger partial charge in [-0.3, -0.25) is 19.1 Å². The number of aromatic nitrogens is 4. The first-order valence-electron chi connectivity index (χ1n) is 10.2. The molecule has 0 radical (unpaired) electrons. The van der Waals surface area contributed by atoms with E-state index >= 15 is 0 Å². The Bertz CT molecular complexity index is 1420. The van der Waals surface area contributed by atoms with Crippen molar-refractivity contribution in [2.45, 2.75) is 20.0 Å². The molecule has 0 aliphatic heterocycles. The largest absolute Gasteiger partial charge is 0.352 e. The topological polar surface area (TPSA) is 98.9 Å². The second-order valence-corrected chi connectivity index (χ2v) is 7.76. The summed E-state index contributed by atoms with van der Waals surface area (Å²) in [6.07, 6.45) is 1.61. The molecule has 4 rings (SSSR count). The van der Waals surface area contributed by atoms with E-state index in [1.165, 1.54) is 0 Å². The van der Waals surface area contributed by atoms with Crippen LogP contribution in [0, 0.1) is 6.92 Å². The molecule has 4 aromatic rings. The van der Waals surface area contributed by atoms with Crippen molar-refractivity contribution in [1.29, 1.82) is 0 Å². The predicted molar refractivity (Wildman–Crippen MR) is 125 cm³/mol. The summed E-state index contributed by atoms with van der Waals surface area (Å²) in [6, 6.07) is 19.3. The maximum absolute atomic E-state index is 13.2. The number of carbonyl (C=O) groups is 1. The molecule has 0 bridgehead atoms. The summed E-state index contributed by atoms with van der Waals surface area (Å²) in [5, 5.41) is 7.19. The van der Waals surface area contributed by atoms with Crippen LogP contribution in [0.1, 0.15) is 27.3 Å². The average Bonchev–Trinajstić information content (AvgIpc) is 2.83. The second-order valence-electron chi connectivity index (χ2n) is 7.36. The summed E-state index contributed by atoms with van der Waals surface area (Å²) in [5.41, 5.74) is 0.654. The van der Waals surface area contributed by atoms with Crippen LogP contribution in [0.15, 0.2) is 82.5 Å². The van der Waals surface area contributed by atoms with Crippen molar-refractivity contribution in [3.8, 4) is 5.69 Å². The number of amides is 1. The van der Waals surface area contributed by atoms with Crippen LogP contribution in [-0.2, 0) is 13.1 Å².